The Hall–Kier alpha value is -4.75. The zero-order valence-electron chi connectivity index (χ0n) is 22.3. The lowest BCUT2D eigenvalue weighted by Gasteiger charge is -2.30. The molecule has 1 N–H and O–H groups in total. The minimum atomic E-state index is -0.961. The van der Waals surface area contributed by atoms with Crippen LogP contribution in [0.1, 0.15) is 41.0 Å². The molecule has 2 aliphatic heterocycles. The number of carboxylic acids is 1. The smallest absolute Gasteiger partial charge is 0.335 e. The van der Waals surface area contributed by atoms with Crippen LogP contribution >= 0.6 is 0 Å². The van der Waals surface area contributed by atoms with Crippen molar-refractivity contribution in [2.45, 2.75) is 38.5 Å². The molecule has 0 spiro atoms. The molecule has 0 bridgehead atoms. The van der Waals surface area contributed by atoms with Gasteiger partial charge in [-0.2, -0.15) is 4.98 Å². The Bertz CT molecular complexity index is 1680. The molecule has 2 fully saturated rings. The van der Waals surface area contributed by atoms with Crippen molar-refractivity contribution in [3.05, 3.63) is 94.4 Å². The molecule has 10 heteroatoms. The van der Waals surface area contributed by atoms with E-state index in [1.165, 1.54) is 11.6 Å². The van der Waals surface area contributed by atoms with Gasteiger partial charge in [0.05, 0.1) is 35.8 Å². The Morgan fingerprint density at radius 3 is 2.71 bits per heavy atom. The van der Waals surface area contributed by atoms with Crippen molar-refractivity contribution in [2.75, 3.05) is 24.6 Å². The van der Waals surface area contributed by atoms with Gasteiger partial charge in [-0.15, -0.1) is 0 Å². The van der Waals surface area contributed by atoms with Gasteiger partial charge in [-0.25, -0.2) is 19.0 Å². The van der Waals surface area contributed by atoms with Gasteiger partial charge in [-0.05, 0) is 55.7 Å². The molecule has 2 aromatic heterocycles. The summed E-state index contributed by atoms with van der Waals surface area (Å²) in [5.41, 5.74) is 3.68. The Kier molecular flexibility index (Phi) is 7.35. The van der Waals surface area contributed by atoms with Crippen LogP contribution in [0.2, 0.25) is 0 Å². The number of ether oxygens (including phenoxy) is 2. The summed E-state index contributed by atoms with van der Waals surface area (Å²) >= 11 is 0. The summed E-state index contributed by atoms with van der Waals surface area (Å²) in [6, 6.07) is 14.9. The highest BCUT2D eigenvalue weighted by Crippen LogP contribution is 2.28. The monoisotopic (exact) mass is 553 g/mol. The number of imidazole rings is 1. The number of pyridine rings is 1. The van der Waals surface area contributed by atoms with Gasteiger partial charge >= 0.3 is 5.97 Å². The first-order valence-corrected chi connectivity index (χ1v) is 13.5. The number of halogens is 1. The van der Waals surface area contributed by atoms with Crippen LogP contribution in [0.25, 0.3) is 22.0 Å². The van der Waals surface area contributed by atoms with Gasteiger partial charge in [-0.3, -0.25) is 0 Å². The number of nitrogens with zero attached hydrogens (tertiary/aromatic N) is 5. The maximum absolute atomic E-state index is 14.2. The molecule has 2 saturated heterocycles. The SMILES string of the molecule is [C-]#[N+]c1ccc(COc2cccc(N3CCC(=Cc4nc5ccc(C(=O)O)cc5n4C[C@@H]4CCO4)CC3)n2)c(F)c1. The first-order valence-electron chi connectivity index (χ1n) is 13.5. The second-order valence-corrected chi connectivity index (χ2v) is 10.2. The second-order valence-electron chi connectivity index (χ2n) is 10.2. The van der Waals surface area contributed by atoms with E-state index in [1.807, 2.05) is 12.1 Å². The number of carbonyl (C=O) groups is 1. The summed E-state index contributed by atoms with van der Waals surface area (Å²) < 4.78 is 27.7. The minimum Gasteiger partial charge on any atom is -0.478 e. The summed E-state index contributed by atoms with van der Waals surface area (Å²) in [6.45, 7) is 9.94. The van der Waals surface area contributed by atoms with Crippen LogP contribution in [0.3, 0.4) is 0 Å². The zero-order chi connectivity index (χ0) is 28.3. The number of aromatic nitrogens is 3. The van der Waals surface area contributed by atoms with Crippen molar-refractivity contribution in [3.63, 3.8) is 0 Å². The standard InChI is InChI=1S/C31H28FN5O4/c1-33-23-7-5-22(25(32)17-23)19-41-30-4-2-3-28(35-30)36-12-9-20(10-13-36)15-29-34-26-8-6-21(31(38)39)16-27(26)37(29)18-24-11-14-40-24/h2-8,15-17,24H,9-14,18-19H2,(H,38,39)/t24-/m0/s1. The van der Waals surface area contributed by atoms with E-state index in [1.54, 1.807) is 36.4 Å². The highest BCUT2D eigenvalue weighted by Gasteiger charge is 2.23. The minimum absolute atomic E-state index is 0.0221. The maximum atomic E-state index is 14.2. The number of hydrogen-bond donors (Lipinski definition) is 1. The first kappa shape index (κ1) is 26.5. The third kappa shape index (κ3) is 5.76. The van der Waals surface area contributed by atoms with E-state index in [9.17, 15) is 14.3 Å². The van der Waals surface area contributed by atoms with Gasteiger partial charge in [0.25, 0.3) is 0 Å². The number of piperidine rings is 1. The van der Waals surface area contributed by atoms with E-state index in [4.69, 9.17) is 21.0 Å². The van der Waals surface area contributed by atoms with Gasteiger partial charge in [0.2, 0.25) is 5.88 Å². The fourth-order valence-corrected chi connectivity index (χ4v) is 5.09. The molecule has 41 heavy (non-hydrogen) atoms. The average Bonchev–Trinajstić information content (AvgIpc) is 3.30. The first-order chi connectivity index (χ1) is 20.0. The Morgan fingerprint density at radius 1 is 1.17 bits per heavy atom. The molecule has 208 valence electrons. The molecule has 0 saturated carbocycles. The predicted octanol–water partition coefficient (Wildman–Crippen LogP) is 5.87. The Balaban J connectivity index is 1.14. The number of rotatable bonds is 8. The van der Waals surface area contributed by atoms with Gasteiger partial charge < -0.3 is 24.0 Å². The van der Waals surface area contributed by atoms with Crippen LogP contribution in [0.5, 0.6) is 5.88 Å². The molecule has 9 nitrogen and oxygen atoms in total. The normalized spacial score (nSPS) is 16.7. The molecule has 2 aliphatic rings. The summed E-state index contributed by atoms with van der Waals surface area (Å²) in [4.78, 5) is 26.5. The van der Waals surface area contributed by atoms with Crippen molar-refractivity contribution in [1.82, 2.24) is 14.5 Å². The van der Waals surface area contributed by atoms with Gasteiger partial charge in [0, 0.05) is 31.3 Å². The summed E-state index contributed by atoms with van der Waals surface area (Å²) in [6.07, 6.45) is 4.86. The molecule has 4 aromatic rings. The van der Waals surface area contributed by atoms with Crippen molar-refractivity contribution >= 4 is 34.6 Å². The number of anilines is 1. The van der Waals surface area contributed by atoms with E-state index in [0.717, 1.165) is 61.6 Å². The van der Waals surface area contributed by atoms with Crippen LogP contribution in [0.4, 0.5) is 15.9 Å². The summed E-state index contributed by atoms with van der Waals surface area (Å²) in [7, 11) is 0. The average molecular weight is 554 g/mol. The molecular weight excluding hydrogens is 525 g/mol. The Morgan fingerprint density at radius 2 is 2.00 bits per heavy atom. The maximum Gasteiger partial charge on any atom is 0.335 e. The Labute approximate surface area is 236 Å². The lowest BCUT2D eigenvalue weighted by Crippen LogP contribution is -2.32. The van der Waals surface area contributed by atoms with Crippen LogP contribution in [-0.4, -0.2) is 51.4 Å². The molecule has 4 heterocycles. The molecule has 1 atom stereocenters. The zero-order valence-corrected chi connectivity index (χ0v) is 22.3. The number of benzene rings is 2. The predicted molar refractivity (Wildman–Crippen MR) is 152 cm³/mol. The fourth-order valence-electron chi connectivity index (χ4n) is 5.09. The van der Waals surface area contributed by atoms with Gasteiger partial charge in [0.15, 0.2) is 5.69 Å². The van der Waals surface area contributed by atoms with Crippen molar-refractivity contribution in [2.24, 2.45) is 0 Å². The van der Waals surface area contributed by atoms with E-state index in [2.05, 4.69) is 25.4 Å². The van der Waals surface area contributed by atoms with E-state index >= 15 is 0 Å². The molecular formula is C31H28FN5O4. The van der Waals surface area contributed by atoms with E-state index in [0.29, 0.717) is 18.0 Å². The van der Waals surface area contributed by atoms with Crippen LogP contribution in [0, 0.1) is 12.4 Å². The number of fused-ring (bicyclic) bond motifs is 1. The lowest BCUT2D eigenvalue weighted by atomic mass is 10.0. The molecule has 6 rings (SSSR count). The highest BCUT2D eigenvalue weighted by molar-refractivity contribution is 5.92. The fraction of sp³-hybridized carbons (Fsp3) is 0.290. The van der Waals surface area contributed by atoms with E-state index < -0.39 is 11.8 Å². The van der Waals surface area contributed by atoms with Crippen LogP contribution in [0.15, 0.2) is 60.2 Å². The van der Waals surface area contributed by atoms with Crippen LogP contribution in [-0.2, 0) is 17.9 Å². The highest BCUT2D eigenvalue weighted by atomic mass is 19.1. The van der Waals surface area contributed by atoms with E-state index in [-0.39, 0.29) is 24.0 Å². The quantitative estimate of drug-likeness (QED) is 0.273. The third-order valence-corrected chi connectivity index (χ3v) is 7.52. The molecule has 0 aliphatic carbocycles. The van der Waals surface area contributed by atoms with Crippen LogP contribution < -0.4 is 9.64 Å². The van der Waals surface area contributed by atoms with Crippen molar-refractivity contribution in [1.29, 1.82) is 0 Å². The second kappa shape index (κ2) is 11.4. The van der Waals surface area contributed by atoms with Gasteiger partial charge in [0.1, 0.15) is 24.1 Å². The largest absolute Gasteiger partial charge is 0.478 e. The molecule has 0 unspecified atom stereocenters. The summed E-state index contributed by atoms with van der Waals surface area (Å²) in [5, 5.41) is 9.48. The number of carboxylic acid groups (broad SMARTS) is 1. The molecule has 0 amide bonds. The third-order valence-electron chi connectivity index (χ3n) is 7.52. The van der Waals surface area contributed by atoms with Crippen molar-refractivity contribution in [3.8, 4) is 5.88 Å². The number of hydrogen-bond acceptors (Lipinski definition) is 6. The van der Waals surface area contributed by atoms with Crippen molar-refractivity contribution < 1.29 is 23.8 Å². The molecule has 0 radical (unpaired) electrons. The summed E-state index contributed by atoms with van der Waals surface area (Å²) in [5.74, 6) is 0.580. The number of aromatic carboxylic acids is 1. The van der Waals surface area contributed by atoms with Gasteiger partial charge in [-0.1, -0.05) is 23.8 Å². The lowest BCUT2D eigenvalue weighted by molar-refractivity contribution is -0.0587. The molecule has 2 aromatic carbocycles. The topological polar surface area (TPSA) is 94.1 Å².